The van der Waals surface area contributed by atoms with Crippen LogP contribution in [-0.4, -0.2) is 24.0 Å². The number of benzene rings is 3. The van der Waals surface area contributed by atoms with Gasteiger partial charge in [0, 0.05) is 17.2 Å². The number of ether oxygens (including phenoxy) is 1. The number of nitrogens with one attached hydrogen (secondary N) is 2. The molecule has 1 atom stereocenters. The van der Waals surface area contributed by atoms with Crippen LogP contribution in [0.15, 0.2) is 72.8 Å². The number of hydrogen-bond donors (Lipinski definition) is 3. The molecule has 0 aliphatic heterocycles. The molecular formula is C27H29N3O4. The number of amides is 3. The molecule has 176 valence electrons. The highest BCUT2D eigenvalue weighted by molar-refractivity contribution is 5.92. The van der Waals surface area contributed by atoms with Crippen LogP contribution in [0.2, 0.25) is 0 Å². The summed E-state index contributed by atoms with van der Waals surface area (Å²) in [5.74, 6) is -0.693. The fraction of sp³-hybridized carbons (Fsp3) is 0.222. The second kappa shape index (κ2) is 10.7. The first kappa shape index (κ1) is 24.5. The van der Waals surface area contributed by atoms with Gasteiger partial charge in [-0.1, -0.05) is 60.7 Å². The summed E-state index contributed by atoms with van der Waals surface area (Å²) in [6, 6.07) is 21.7. The fourth-order valence-corrected chi connectivity index (χ4v) is 3.87. The molecular weight excluding hydrogens is 430 g/mol. The number of para-hydroxylation sites is 1. The molecule has 0 aromatic heterocycles. The third kappa shape index (κ3) is 6.45. The maximum Gasteiger partial charge on any atom is 0.316 e. The Morgan fingerprint density at radius 2 is 1.71 bits per heavy atom. The predicted molar refractivity (Wildman–Crippen MR) is 134 cm³/mol. The Hall–Kier alpha value is -4.13. The molecule has 3 amide bonds. The Bertz CT molecular complexity index is 1170. The molecule has 0 spiro atoms. The largest absolute Gasteiger partial charge is 0.460 e. The number of anilines is 2. The van der Waals surface area contributed by atoms with Gasteiger partial charge >= 0.3 is 12.0 Å². The Morgan fingerprint density at radius 1 is 1.00 bits per heavy atom. The molecule has 0 saturated carbocycles. The monoisotopic (exact) mass is 459 g/mol. The number of esters is 1. The predicted octanol–water partition coefficient (Wildman–Crippen LogP) is 5.28. The number of carbonyl (C=O) groups is 3. The van der Waals surface area contributed by atoms with Crippen molar-refractivity contribution in [2.45, 2.75) is 38.7 Å². The first-order valence-electron chi connectivity index (χ1n) is 10.9. The first-order chi connectivity index (χ1) is 16.2. The summed E-state index contributed by atoms with van der Waals surface area (Å²) < 4.78 is 5.60. The van der Waals surface area contributed by atoms with Gasteiger partial charge in [0.1, 0.15) is 5.60 Å². The highest BCUT2D eigenvalue weighted by atomic mass is 16.6. The van der Waals surface area contributed by atoms with E-state index in [1.165, 1.54) is 0 Å². The van der Waals surface area contributed by atoms with Gasteiger partial charge in [0.05, 0.1) is 12.1 Å². The molecule has 7 nitrogen and oxygen atoms in total. The number of urea groups is 1. The summed E-state index contributed by atoms with van der Waals surface area (Å²) in [7, 11) is 0. The first-order valence-corrected chi connectivity index (χ1v) is 10.9. The zero-order chi connectivity index (χ0) is 24.7. The van der Waals surface area contributed by atoms with E-state index in [2.05, 4.69) is 10.6 Å². The molecule has 3 aromatic carbocycles. The maximum absolute atomic E-state index is 12.8. The van der Waals surface area contributed by atoms with Crippen LogP contribution in [0.1, 0.15) is 44.2 Å². The summed E-state index contributed by atoms with van der Waals surface area (Å²) >= 11 is 0. The van der Waals surface area contributed by atoms with E-state index in [0.717, 1.165) is 22.3 Å². The van der Waals surface area contributed by atoms with Gasteiger partial charge in [0.15, 0.2) is 0 Å². The molecule has 3 aromatic rings. The highest BCUT2D eigenvalue weighted by Crippen LogP contribution is 2.39. The van der Waals surface area contributed by atoms with Crippen LogP contribution in [-0.2, 0) is 14.3 Å². The molecule has 4 N–H and O–H groups in total. The molecule has 0 radical (unpaired) electrons. The SMILES string of the molecule is CC(C)(C)OC(=O)CC(c1ccccc1)c1cccc(-c2cccc(NC(N)=O)c2)c1NC=O. The van der Waals surface area contributed by atoms with Crippen LogP contribution in [0.5, 0.6) is 0 Å². The van der Waals surface area contributed by atoms with Crippen LogP contribution in [0.25, 0.3) is 11.1 Å². The van der Waals surface area contributed by atoms with Crippen molar-refractivity contribution in [2.24, 2.45) is 5.73 Å². The molecule has 1 unspecified atom stereocenters. The normalized spacial score (nSPS) is 11.9. The quantitative estimate of drug-likeness (QED) is 0.314. The number of rotatable bonds is 8. The van der Waals surface area contributed by atoms with Crippen molar-refractivity contribution in [3.05, 3.63) is 83.9 Å². The Balaban J connectivity index is 2.12. The molecule has 3 rings (SSSR count). The lowest BCUT2D eigenvalue weighted by molar-refractivity contribution is -0.155. The van der Waals surface area contributed by atoms with E-state index in [1.54, 1.807) is 18.2 Å². The lowest BCUT2D eigenvalue weighted by atomic mass is 9.85. The lowest BCUT2D eigenvalue weighted by Crippen LogP contribution is -2.25. The Kier molecular flexibility index (Phi) is 7.68. The van der Waals surface area contributed by atoms with Gasteiger partial charge in [-0.2, -0.15) is 0 Å². The summed E-state index contributed by atoms with van der Waals surface area (Å²) in [5.41, 5.74) is 8.94. The van der Waals surface area contributed by atoms with Gasteiger partial charge in [-0.15, -0.1) is 0 Å². The van der Waals surface area contributed by atoms with Crippen molar-refractivity contribution in [3.8, 4) is 11.1 Å². The van der Waals surface area contributed by atoms with Crippen molar-refractivity contribution < 1.29 is 19.1 Å². The second-order valence-electron chi connectivity index (χ2n) is 8.86. The maximum atomic E-state index is 12.8. The average Bonchev–Trinajstić information content (AvgIpc) is 2.77. The van der Waals surface area contributed by atoms with Gasteiger partial charge in [-0.25, -0.2) is 4.79 Å². The van der Waals surface area contributed by atoms with Gasteiger partial charge < -0.3 is 21.1 Å². The lowest BCUT2D eigenvalue weighted by Gasteiger charge is -2.25. The molecule has 0 saturated heterocycles. The van der Waals surface area contributed by atoms with Crippen molar-refractivity contribution in [1.29, 1.82) is 0 Å². The minimum absolute atomic E-state index is 0.0988. The van der Waals surface area contributed by atoms with Crippen LogP contribution in [0.3, 0.4) is 0 Å². The van der Waals surface area contributed by atoms with E-state index in [-0.39, 0.29) is 18.3 Å². The third-order valence-electron chi connectivity index (χ3n) is 5.11. The van der Waals surface area contributed by atoms with Gasteiger partial charge in [0.2, 0.25) is 6.41 Å². The molecule has 0 aliphatic carbocycles. The van der Waals surface area contributed by atoms with Gasteiger partial charge in [-0.05, 0) is 49.6 Å². The van der Waals surface area contributed by atoms with E-state index in [1.807, 2.05) is 75.4 Å². The number of hydrogen-bond acceptors (Lipinski definition) is 4. The van der Waals surface area contributed by atoms with Gasteiger partial charge in [0.25, 0.3) is 0 Å². The van der Waals surface area contributed by atoms with Crippen molar-refractivity contribution >= 4 is 29.8 Å². The summed E-state index contributed by atoms with van der Waals surface area (Å²) in [5, 5.41) is 5.40. The van der Waals surface area contributed by atoms with E-state index in [0.29, 0.717) is 17.8 Å². The molecule has 0 bridgehead atoms. The third-order valence-corrected chi connectivity index (χ3v) is 5.11. The van der Waals surface area contributed by atoms with Crippen LogP contribution >= 0.6 is 0 Å². The highest BCUT2D eigenvalue weighted by Gasteiger charge is 2.26. The minimum Gasteiger partial charge on any atom is -0.460 e. The van der Waals surface area contributed by atoms with Gasteiger partial charge in [-0.3, -0.25) is 9.59 Å². The topological polar surface area (TPSA) is 111 Å². The molecule has 0 fully saturated rings. The van der Waals surface area contributed by atoms with Crippen LogP contribution < -0.4 is 16.4 Å². The minimum atomic E-state index is -0.668. The smallest absolute Gasteiger partial charge is 0.316 e. The number of primary amides is 1. The van der Waals surface area contributed by atoms with Crippen molar-refractivity contribution in [3.63, 3.8) is 0 Å². The average molecular weight is 460 g/mol. The summed E-state index contributed by atoms with van der Waals surface area (Å²) in [4.78, 5) is 35.7. The van der Waals surface area contributed by atoms with E-state index < -0.39 is 11.6 Å². The van der Waals surface area contributed by atoms with Crippen molar-refractivity contribution in [2.75, 3.05) is 10.6 Å². The number of nitrogens with two attached hydrogens (primary N) is 1. The second-order valence-corrected chi connectivity index (χ2v) is 8.86. The molecule has 0 aliphatic rings. The zero-order valence-corrected chi connectivity index (χ0v) is 19.5. The molecule has 7 heteroatoms. The molecule has 34 heavy (non-hydrogen) atoms. The number of carbonyl (C=O) groups excluding carboxylic acids is 3. The van der Waals surface area contributed by atoms with E-state index in [4.69, 9.17) is 10.5 Å². The van der Waals surface area contributed by atoms with E-state index >= 15 is 0 Å². The standard InChI is InChI=1S/C27H29N3O4/c1-27(2,3)34-24(32)16-23(18-9-5-4-6-10-18)22-14-8-13-21(25(22)29-17-31)19-11-7-12-20(15-19)30-26(28)33/h4-15,17,23H,16H2,1-3H3,(H,29,31)(H3,28,30,33). The fourth-order valence-electron chi connectivity index (χ4n) is 3.87. The summed E-state index contributed by atoms with van der Waals surface area (Å²) in [6.07, 6.45) is 0.713. The summed E-state index contributed by atoms with van der Waals surface area (Å²) in [6.45, 7) is 5.49. The molecule has 0 heterocycles. The zero-order valence-electron chi connectivity index (χ0n) is 19.5. The van der Waals surface area contributed by atoms with E-state index in [9.17, 15) is 14.4 Å². The Morgan fingerprint density at radius 3 is 2.35 bits per heavy atom. The Labute approximate surface area is 199 Å². The van der Waals surface area contributed by atoms with Crippen LogP contribution in [0, 0.1) is 0 Å². The van der Waals surface area contributed by atoms with Crippen molar-refractivity contribution in [1.82, 2.24) is 0 Å². The van der Waals surface area contributed by atoms with Crippen LogP contribution in [0.4, 0.5) is 16.2 Å².